The van der Waals surface area contributed by atoms with Gasteiger partial charge >= 0.3 is 6.03 Å². The third-order valence-corrected chi connectivity index (χ3v) is 4.38. The van der Waals surface area contributed by atoms with Crippen LogP contribution in [0.25, 0.3) is 11.0 Å². The zero-order chi connectivity index (χ0) is 16.0. The lowest BCUT2D eigenvalue weighted by atomic mass is 10.1. The van der Waals surface area contributed by atoms with Crippen LogP contribution in [0.1, 0.15) is 24.0 Å². The van der Waals surface area contributed by atoms with E-state index in [1.165, 1.54) is 17.7 Å². The van der Waals surface area contributed by atoms with Crippen molar-refractivity contribution in [2.75, 3.05) is 6.54 Å². The van der Waals surface area contributed by atoms with Crippen LogP contribution in [0.4, 0.5) is 9.18 Å². The van der Waals surface area contributed by atoms with Gasteiger partial charge in [0.05, 0.1) is 5.52 Å². The molecule has 120 valence electrons. The summed E-state index contributed by atoms with van der Waals surface area (Å²) in [6.45, 7) is 0.308. The van der Waals surface area contributed by atoms with E-state index in [2.05, 4.69) is 15.6 Å². The summed E-state index contributed by atoms with van der Waals surface area (Å²) in [5, 5.41) is 10.5. The Labute approximate surface area is 131 Å². The summed E-state index contributed by atoms with van der Waals surface area (Å²) >= 11 is 0. The first kappa shape index (κ1) is 14.1. The number of hydrogen-bond acceptors (Lipinski definition) is 4. The van der Waals surface area contributed by atoms with Gasteiger partial charge in [0.25, 0.3) is 0 Å². The van der Waals surface area contributed by atoms with Crippen molar-refractivity contribution in [2.45, 2.75) is 32.6 Å². The molecule has 0 spiro atoms. The molecule has 0 atom stereocenters. The maximum atomic E-state index is 13.6. The molecule has 1 aromatic heterocycles. The van der Waals surface area contributed by atoms with Gasteiger partial charge in [0.2, 0.25) is 5.91 Å². The fraction of sp³-hybridized carbons (Fsp3) is 0.467. The van der Waals surface area contributed by atoms with Crippen LogP contribution in [0.2, 0.25) is 0 Å². The van der Waals surface area contributed by atoms with Gasteiger partial charge in [-0.15, -0.1) is 5.10 Å². The number of halogens is 1. The van der Waals surface area contributed by atoms with Gasteiger partial charge in [-0.2, -0.15) is 0 Å². The zero-order valence-corrected chi connectivity index (χ0v) is 12.5. The standard InChI is InChI=1S/C15H16FN5O2/c16-5-11-10(7-20-8-13(22)17-15(20)23)3-4-12-14(11)18-19-21(12)6-9-1-2-9/h3-4,9H,1-2,5-8H2,(H,17,22,23). The Morgan fingerprint density at radius 2 is 2.13 bits per heavy atom. The monoisotopic (exact) mass is 317 g/mol. The van der Waals surface area contributed by atoms with Crippen LogP contribution in [0.15, 0.2) is 12.1 Å². The first-order valence-corrected chi connectivity index (χ1v) is 7.64. The van der Waals surface area contributed by atoms with Crippen molar-refractivity contribution in [3.63, 3.8) is 0 Å². The summed E-state index contributed by atoms with van der Waals surface area (Å²) in [5.41, 5.74) is 2.45. The number of nitrogens with zero attached hydrogens (tertiary/aromatic N) is 4. The summed E-state index contributed by atoms with van der Waals surface area (Å²) in [4.78, 5) is 24.3. The lowest BCUT2D eigenvalue weighted by molar-refractivity contribution is -0.118. The van der Waals surface area contributed by atoms with E-state index < -0.39 is 12.7 Å². The number of urea groups is 1. The van der Waals surface area contributed by atoms with Gasteiger partial charge in [0.1, 0.15) is 18.7 Å². The highest BCUT2D eigenvalue weighted by Gasteiger charge is 2.28. The Morgan fingerprint density at radius 3 is 2.78 bits per heavy atom. The molecular weight excluding hydrogens is 301 g/mol. The molecule has 0 unspecified atom stereocenters. The molecule has 0 bridgehead atoms. The van der Waals surface area contributed by atoms with E-state index in [-0.39, 0.29) is 19.0 Å². The topological polar surface area (TPSA) is 80.1 Å². The van der Waals surface area contributed by atoms with Gasteiger partial charge in [0.15, 0.2) is 0 Å². The molecule has 1 aliphatic heterocycles. The number of alkyl halides is 1. The average Bonchev–Trinajstić information content (AvgIpc) is 3.17. The number of fused-ring (bicyclic) bond motifs is 1. The summed E-state index contributed by atoms with van der Waals surface area (Å²) in [6, 6.07) is 3.21. The molecule has 4 rings (SSSR count). The van der Waals surface area contributed by atoms with E-state index in [4.69, 9.17) is 0 Å². The summed E-state index contributed by atoms with van der Waals surface area (Å²) in [5.74, 6) is 0.306. The molecule has 2 aliphatic rings. The highest BCUT2D eigenvalue weighted by Crippen LogP contribution is 2.32. The van der Waals surface area contributed by atoms with E-state index in [0.717, 1.165) is 12.1 Å². The minimum absolute atomic E-state index is 0.00301. The molecule has 1 saturated heterocycles. The van der Waals surface area contributed by atoms with Gasteiger partial charge < -0.3 is 4.90 Å². The number of amides is 3. The number of nitrogens with one attached hydrogen (secondary N) is 1. The Hall–Kier alpha value is -2.51. The average molecular weight is 317 g/mol. The van der Waals surface area contributed by atoms with Gasteiger partial charge in [-0.3, -0.25) is 10.1 Å². The van der Waals surface area contributed by atoms with Gasteiger partial charge in [0, 0.05) is 18.7 Å². The number of benzene rings is 1. The van der Waals surface area contributed by atoms with Crippen LogP contribution in [0.3, 0.4) is 0 Å². The summed E-state index contributed by atoms with van der Waals surface area (Å²) in [7, 11) is 0. The highest BCUT2D eigenvalue weighted by atomic mass is 19.1. The molecule has 1 N–H and O–H groups in total. The molecule has 1 saturated carbocycles. The summed E-state index contributed by atoms with van der Waals surface area (Å²) in [6.07, 6.45) is 2.40. The van der Waals surface area contributed by atoms with Crippen LogP contribution in [0.5, 0.6) is 0 Å². The minimum Gasteiger partial charge on any atom is -0.311 e. The number of carbonyl (C=O) groups excluding carboxylic acids is 2. The van der Waals surface area contributed by atoms with Crippen molar-refractivity contribution in [2.24, 2.45) is 5.92 Å². The third-order valence-electron chi connectivity index (χ3n) is 4.38. The lowest BCUT2D eigenvalue weighted by Crippen LogP contribution is -2.28. The van der Waals surface area contributed by atoms with E-state index in [1.54, 1.807) is 6.07 Å². The second-order valence-corrected chi connectivity index (χ2v) is 6.13. The number of imide groups is 1. The van der Waals surface area contributed by atoms with Gasteiger partial charge in [-0.25, -0.2) is 13.9 Å². The van der Waals surface area contributed by atoms with Crippen LogP contribution >= 0.6 is 0 Å². The van der Waals surface area contributed by atoms with Crippen LogP contribution in [-0.4, -0.2) is 38.4 Å². The second-order valence-electron chi connectivity index (χ2n) is 6.13. The molecule has 23 heavy (non-hydrogen) atoms. The molecule has 2 heterocycles. The molecular formula is C15H16FN5O2. The minimum atomic E-state index is -0.682. The van der Waals surface area contributed by atoms with Crippen molar-refractivity contribution < 1.29 is 14.0 Å². The normalized spacial score (nSPS) is 18.0. The van der Waals surface area contributed by atoms with Gasteiger partial charge in [-0.05, 0) is 30.4 Å². The third kappa shape index (κ3) is 2.54. The number of rotatable bonds is 5. The molecule has 2 fully saturated rings. The predicted octanol–water partition coefficient (Wildman–Crippen LogP) is 1.36. The smallest absolute Gasteiger partial charge is 0.311 e. The van der Waals surface area contributed by atoms with Crippen molar-refractivity contribution in [1.82, 2.24) is 25.2 Å². The van der Waals surface area contributed by atoms with Crippen molar-refractivity contribution in [1.29, 1.82) is 0 Å². The Balaban J connectivity index is 1.67. The summed E-state index contributed by atoms with van der Waals surface area (Å²) < 4.78 is 15.4. The fourth-order valence-electron chi connectivity index (χ4n) is 2.93. The number of aromatic nitrogens is 3. The van der Waals surface area contributed by atoms with Crippen molar-refractivity contribution in [3.05, 3.63) is 23.3 Å². The lowest BCUT2D eigenvalue weighted by Gasteiger charge is -2.15. The van der Waals surface area contributed by atoms with Crippen LogP contribution in [-0.2, 0) is 24.6 Å². The van der Waals surface area contributed by atoms with E-state index in [9.17, 15) is 14.0 Å². The Morgan fingerprint density at radius 1 is 1.30 bits per heavy atom. The molecule has 0 radical (unpaired) electrons. The Bertz CT molecular complexity index is 799. The highest BCUT2D eigenvalue weighted by molar-refractivity contribution is 6.01. The maximum Gasteiger partial charge on any atom is 0.324 e. The first-order chi connectivity index (χ1) is 11.2. The Kier molecular flexibility index (Phi) is 3.24. The molecule has 8 heteroatoms. The van der Waals surface area contributed by atoms with Crippen LogP contribution < -0.4 is 5.32 Å². The van der Waals surface area contributed by atoms with E-state index >= 15 is 0 Å². The van der Waals surface area contributed by atoms with E-state index in [1.807, 2.05) is 10.7 Å². The predicted molar refractivity (Wildman–Crippen MR) is 79.0 cm³/mol. The van der Waals surface area contributed by atoms with Crippen molar-refractivity contribution in [3.8, 4) is 0 Å². The quantitative estimate of drug-likeness (QED) is 0.845. The second kappa shape index (κ2) is 5.29. The number of carbonyl (C=O) groups is 2. The SMILES string of the molecule is O=C1CN(Cc2ccc3c(nnn3CC3CC3)c2CF)C(=O)N1. The molecule has 2 aromatic rings. The number of hydrogen-bond donors (Lipinski definition) is 1. The van der Waals surface area contributed by atoms with Crippen molar-refractivity contribution >= 4 is 23.0 Å². The molecule has 3 amide bonds. The molecule has 1 aliphatic carbocycles. The zero-order valence-electron chi connectivity index (χ0n) is 12.5. The van der Waals surface area contributed by atoms with Crippen LogP contribution in [0, 0.1) is 5.92 Å². The van der Waals surface area contributed by atoms with Gasteiger partial charge in [-0.1, -0.05) is 11.3 Å². The molecule has 7 nitrogen and oxygen atoms in total. The largest absolute Gasteiger partial charge is 0.324 e. The maximum absolute atomic E-state index is 13.6. The molecule has 1 aromatic carbocycles. The fourth-order valence-corrected chi connectivity index (χ4v) is 2.93. The first-order valence-electron chi connectivity index (χ1n) is 7.64. The van der Waals surface area contributed by atoms with E-state index in [0.29, 0.717) is 22.6 Å².